The molecule has 2 unspecified atom stereocenters. The van der Waals surface area contributed by atoms with Crippen molar-refractivity contribution >= 4 is 17.4 Å². The number of phenols is 1. The molecule has 0 bridgehead atoms. The summed E-state index contributed by atoms with van der Waals surface area (Å²) in [6, 6.07) is 10.3. The number of benzene rings is 2. The molecule has 0 fully saturated rings. The molecule has 0 aliphatic carbocycles. The minimum Gasteiger partial charge on any atom is -0.508 e. The van der Waals surface area contributed by atoms with E-state index in [-0.39, 0.29) is 17.1 Å². The second-order valence-corrected chi connectivity index (χ2v) is 5.23. The van der Waals surface area contributed by atoms with Crippen LogP contribution in [0.4, 0.5) is 16.2 Å². The zero-order valence-corrected chi connectivity index (χ0v) is 12.8. The van der Waals surface area contributed by atoms with Crippen molar-refractivity contribution in [3.8, 4) is 5.75 Å². The van der Waals surface area contributed by atoms with Crippen molar-refractivity contribution in [1.82, 2.24) is 5.32 Å². The molecular formula is C16H17N3O5. The maximum Gasteiger partial charge on any atom is 0.319 e. The molecule has 0 heterocycles. The minimum absolute atomic E-state index is 0.0787. The molecule has 2 aromatic rings. The molecule has 0 saturated heterocycles. The molecule has 2 rings (SSSR count). The number of non-ortho nitro benzene ring substituents is 1. The lowest BCUT2D eigenvalue weighted by atomic mass is 10.0. The lowest BCUT2D eigenvalue weighted by molar-refractivity contribution is -0.384. The molecule has 126 valence electrons. The van der Waals surface area contributed by atoms with E-state index >= 15 is 0 Å². The molecule has 0 aliphatic heterocycles. The number of hydrogen-bond acceptors (Lipinski definition) is 5. The highest BCUT2D eigenvalue weighted by atomic mass is 16.6. The van der Waals surface area contributed by atoms with Gasteiger partial charge < -0.3 is 20.8 Å². The van der Waals surface area contributed by atoms with Crippen LogP contribution >= 0.6 is 0 Å². The molecule has 24 heavy (non-hydrogen) atoms. The third-order valence-corrected chi connectivity index (χ3v) is 3.38. The van der Waals surface area contributed by atoms with Gasteiger partial charge in [-0.25, -0.2) is 4.79 Å². The zero-order valence-electron chi connectivity index (χ0n) is 12.8. The van der Waals surface area contributed by atoms with Gasteiger partial charge in [0.2, 0.25) is 0 Å². The predicted octanol–water partition coefficient (Wildman–Crippen LogP) is 2.54. The number of phenolic OH excluding ortho intramolecular Hbond substituents is 1. The summed E-state index contributed by atoms with van der Waals surface area (Å²) in [4.78, 5) is 22.1. The number of nitro benzene ring substituents is 1. The van der Waals surface area contributed by atoms with Gasteiger partial charge in [-0.05, 0) is 30.7 Å². The first kappa shape index (κ1) is 17.2. The molecular weight excluding hydrogens is 314 g/mol. The van der Waals surface area contributed by atoms with E-state index in [4.69, 9.17) is 0 Å². The Morgan fingerprint density at radius 2 is 1.88 bits per heavy atom. The maximum absolute atomic E-state index is 12.0. The van der Waals surface area contributed by atoms with Crippen LogP contribution in [0.2, 0.25) is 0 Å². The van der Waals surface area contributed by atoms with Crippen molar-refractivity contribution in [1.29, 1.82) is 0 Å². The quantitative estimate of drug-likeness (QED) is 0.495. The lowest BCUT2D eigenvalue weighted by Crippen LogP contribution is -2.39. The van der Waals surface area contributed by atoms with Gasteiger partial charge in [0, 0.05) is 17.8 Å². The van der Waals surface area contributed by atoms with Gasteiger partial charge in [-0.2, -0.15) is 0 Å². The van der Waals surface area contributed by atoms with Crippen LogP contribution in [0.5, 0.6) is 5.75 Å². The monoisotopic (exact) mass is 331 g/mol. The fourth-order valence-corrected chi connectivity index (χ4v) is 2.11. The average molecular weight is 331 g/mol. The van der Waals surface area contributed by atoms with Gasteiger partial charge in [-0.3, -0.25) is 10.1 Å². The van der Waals surface area contributed by atoms with Gasteiger partial charge >= 0.3 is 6.03 Å². The second-order valence-electron chi connectivity index (χ2n) is 5.23. The number of nitro groups is 1. The normalized spacial score (nSPS) is 12.9. The van der Waals surface area contributed by atoms with Crippen LogP contribution < -0.4 is 10.6 Å². The molecule has 2 aromatic carbocycles. The fourth-order valence-electron chi connectivity index (χ4n) is 2.11. The Labute approximate surface area is 137 Å². The van der Waals surface area contributed by atoms with E-state index < -0.39 is 23.1 Å². The number of aromatic hydroxyl groups is 1. The van der Waals surface area contributed by atoms with E-state index in [9.17, 15) is 25.1 Å². The van der Waals surface area contributed by atoms with Crippen LogP contribution in [0.1, 0.15) is 18.6 Å². The van der Waals surface area contributed by atoms with Crippen molar-refractivity contribution in [2.24, 2.45) is 0 Å². The first-order chi connectivity index (χ1) is 11.4. The first-order valence-electron chi connectivity index (χ1n) is 7.16. The summed E-state index contributed by atoms with van der Waals surface area (Å²) in [6.07, 6.45) is -0.971. The van der Waals surface area contributed by atoms with Gasteiger partial charge in [0.1, 0.15) is 5.75 Å². The van der Waals surface area contributed by atoms with Crippen LogP contribution in [-0.4, -0.2) is 27.2 Å². The molecule has 2 amide bonds. The standard InChI is InChI=1S/C16H17N3O5/c1-10(15(21)11-5-7-14(20)8-6-11)17-16(22)18-12-3-2-4-13(9-12)19(23)24/h2-10,15,20-21H,1H3,(H2,17,18,22). The van der Waals surface area contributed by atoms with Gasteiger partial charge in [0.15, 0.2) is 0 Å². The number of amides is 2. The van der Waals surface area contributed by atoms with Crippen molar-refractivity contribution in [2.75, 3.05) is 5.32 Å². The van der Waals surface area contributed by atoms with E-state index in [2.05, 4.69) is 10.6 Å². The topological polar surface area (TPSA) is 125 Å². The highest BCUT2D eigenvalue weighted by Gasteiger charge is 2.18. The first-order valence-corrected chi connectivity index (χ1v) is 7.16. The molecule has 0 aromatic heterocycles. The van der Waals surface area contributed by atoms with E-state index in [1.165, 1.54) is 36.4 Å². The summed E-state index contributed by atoms with van der Waals surface area (Å²) in [6.45, 7) is 1.62. The molecule has 0 spiro atoms. The lowest BCUT2D eigenvalue weighted by Gasteiger charge is -2.21. The number of carbonyl (C=O) groups excluding carboxylic acids is 1. The summed E-state index contributed by atoms with van der Waals surface area (Å²) in [5.74, 6) is 0.0787. The van der Waals surface area contributed by atoms with Crippen LogP contribution in [0.25, 0.3) is 0 Å². The molecule has 0 radical (unpaired) electrons. The Hall–Kier alpha value is -3.13. The van der Waals surface area contributed by atoms with Gasteiger partial charge in [-0.15, -0.1) is 0 Å². The Bertz CT molecular complexity index is 733. The number of rotatable bonds is 5. The highest BCUT2D eigenvalue weighted by Crippen LogP contribution is 2.20. The van der Waals surface area contributed by atoms with E-state index in [1.54, 1.807) is 19.1 Å². The number of nitrogens with zero attached hydrogens (tertiary/aromatic N) is 1. The summed E-state index contributed by atoms with van der Waals surface area (Å²) in [5, 5.41) is 35.2. The zero-order chi connectivity index (χ0) is 17.7. The number of anilines is 1. The second kappa shape index (κ2) is 7.42. The third kappa shape index (κ3) is 4.43. The number of carbonyl (C=O) groups is 1. The van der Waals surface area contributed by atoms with Crippen molar-refractivity contribution in [3.63, 3.8) is 0 Å². The van der Waals surface area contributed by atoms with Gasteiger partial charge in [-0.1, -0.05) is 18.2 Å². The van der Waals surface area contributed by atoms with Crippen LogP contribution in [-0.2, 0) is 0 Å². The van der Waals surface area contributed by atoms with Crippen LogP contribution in [0.15, 0.2) is 48.5 Å². The number of hydrogen-bond donors (Lipinski definition) is 4. The molecule has 0 saturated carbocycles. The van der Waals surface area contributed by atoms with Crippen molar-refractivity contribution in [2.45, 2.75) is 19.1 Å². The van der Waals surface area contributed by atoms with E-state index in [1.807, 2.05) is 0 Å². The Morgan fingerprint density at radius 3 is 2.50 bits per heavy atom. The summed E-state index contributed by atoms with van der Waals surface area (Å²) in [5.41, 5.74) is 0.675. The van der Waals surface area contributed by atoms with Crippen LogP contribution in [0, 0.1) is 10.1 Å². The van der Waals surface area contributed by atoms with Crippen LogP contribution in [0.3, 0.4) is 0 Å². The Morgan fingerprint density at radius 1 is 1.21 bits per heavy atom. The SMILES string of the molecule is CC(NC(=O)Nc1cccc([N+](=O)[O-])c1)C(O)c1ccc(O)cc1. The Balaban J connectivity index is 1.97. The number of aliphatic hydroxyl groups is 1. The fraction of sp³-hybridized carbons (Fsp3) is 0.188. The van der Waals surface area contributed by atoms with E-state index in [0.717, 1.165) is 0 Å². The minimum atomic E-state index is -0.971. The van der Waals surface area contributed by atoms with Crippen molar-refractivity contribution < 1.29 is 19.9 Å². The number of urea groups is 1. The number of aliphatic hydroxyl groups excluding tert-OH is 1. The largest absolute Gasteiger partial charge is 0.508 e. The molecule has 2 atom stereocenters. The molecule has 0 aliphatic rings. The smallest absolute Gasteiger partial charge is 0.319 e. The highest BCUT2D eigenvalue weighted by molar-refractivity contribution is 5.89. The molecule has 8 heteroatoms. The van der Waals surface area contributed by atoms with Gasteiger partial charge in [0.05, 0.1) is 17.1 Å². The third-order valence-electron chi connectivity index (χ3n) is 3.38. The summed E-state index contributed by atoms with van der Waals surface area (Å²) < 4.78 is 0. The Kier molecular flexibility index (Phi) is 5.33. The maximum atomic E-state index is 12.0. The molecule has 8 nitrogen and oxygen atoms in total. The summed E-state index contributed by atoms with van der Waals surface area (Å²) in [7, 11) is 0. The van der Waals surface area contributed by atoms with Crippen molar-refractivity contribution in [3.05, 3.63) is 64.2 Å². The average Bonchev–Trinajstić information content (AvgIpc) is 2.55. The number of nitrogens with one attached hydrogen (secondary N) is 2. The van der Waals surface area contributed by atoms with Gasteiger partial charge in [0.25, 0.3) is 5.69 Å². The van der Waals surface area contributed by atoms with E-state index in [0.29, 0.717) is 5.56 Å². The summed E-state index contributed by atoms with van der Waals surface area (Å²) >= 11 is 0. The predicted molar refractivity (Wildman–Crippen MR) is 87.8 cm³/mol. The molecule has 4 N–H and O–H groups in total.